The molecule has 1 atom stereocenters. The van der Waals surface area contributed by atoms with Crippen molar-refractivity contribution < 1.29 is 14.6 Å². The number of anilines is 1. The van der Waals surface area contributed by atoms with Gasteiger partial charge in [-0.15, -0.1) is 0 Å². The summed E-state index contributed by atoms with van der Waals surface area (Å²) in [5, 5.41) is 18.8. The molecule has 3 aromatic heterocycles. The van der Waals surface area contributed by atoms with Crippen LogP contribution in [0.25, 0.3) is 21.6 Å². The Kier molecular flexibility index (Phi) is 4.78. The van der Waals surface area contributed by atoms with Gasteiger partial charge in [-0.05, 0) is 37.5 Å². The maximum absolute atomic E-state index is 11.5. The second-order valence-electron chi connectivity index (χ2n) is 7.92. The number of fused-ring (bicyclic) bond motifs is 1. The van der Waals surface area contributed by atoms with Gasteiger partial charge in [-0.25, -0.2) is 4.98 Å². The lowest BCUT2D eigenvalue weighted by Gasteiger charge is -2.36. The number of rotatable bonds is 3. The van der Waals surface area contributed by atoms with Crippen LogP contribution < -0.4 is 4.90 Å². The Morgan fingerprint density at radius 2 is 2.07 bits per heavy atom. The number of morpholine rings is 1. The van der Waals surface area contributed by atoms with E-state index in [1.807, 2.05) is 13.0 Å². The van der Waals surface area contributed by atoms with Gasteiger partial charge in [0.2, 0.25) is 0 Å². The van der Waals surface area contributed by atoms with Crippen LogP contribution in [-0.4, -0.2) is 63.7 Å². The van der Waals surface area contributed by atoms with Crippen molar-refractivity contribution in [3.05, 3.63) is 23.4 Å². The van der Waals surface area contributed by atoms with Gasteiger partial charge in [-0.1, -0.05) is 0 Å². The van der Waals surface area contributed by atoms with E-state index in [0.29, 0.717) is 39.3 Å². The van der Waals surface area contributed by atoms with Crippen molar-refractivity contribution in [1.82, 2.24) is 19.6 Å². The minimum Gasteiger partial charge on any atom is -0.385 e. The van der Waals surface area contributed by atoms with Crippen molar-refractivity contribution in [2.24, 2.45) is 0 Å². The van der Waals surface area contributed by atoms with Crippen LogP contribution in [-0.2, 0) is 15.1 Å². The molecule has 3 aromatic rings. The fraction of sp³-hybridized carbons (Fsp3) is 0.550. The van der Waals surface area contributed by atoms with Gasteiger partial charge < -0.3 is 19.5 Å². The number of pyridine rings is 1. The second kappa shape index (κ2) is 7.32. The standard InChI is InChI=1S/C20H25N5O3S/c1-12-9-15(23-22-12)17-18-19(29-24-17)14(20(26)3-6-27-7-4-20)10-16(21-18)25-5-8-28-11-13(25)2/h9-10,13,26H,3-8,11H2,1-2H3,(H,22,23)/t13-/m1/s1. The van der Waals surface area contributed by atoms with E-state index >= 15 is 0 Å². The van der Waals surface area contributed by atoms with E-state index in [2.05, 4.69) is 28.1 Å². The molecule has 0 bridgehead atoms. The Morgan fingerprint density at radius 1 is 1.24 bits per heavy atom. The van der Waals surface area contributed by atoms with Gasteiger partial charge in [0, 0.05) is 38.2 Å². The largest absolute Gasteiger partial charge is 0.385 e. The number of hydrogen-bond donors (Lipinski definition) is 2. The molecule has 29 heavy (non-hydrogen) atoms. The Labute approximate surface area is 173 Å². The Morgan fingerprint density at radius 3 is 2.79 bits per heavy atom. The maximum atomic E-state index is 11.5. The number of ether oxygens (including phenoxy) is 2. The number of aliphatic hydroxyl groups is 1. The maximum Gasteiger partial charge on any atom is 0.130 e. The molecule has 5 heterocycles. The average molecular weight is 416 g/mol. The predicted octanol–water partition coefficient (Wildman–Crippen LogP) is 2.61. The zero-order valence-electron chi connectivity index (χ0n) is 16.6. The van der Waals surface area contributed by atoms with E-state index in [0.717, 1.165) is 45.2 Å². The number of aromatic amines is 1. The lowest BCUT2D eigenvalue weighted by atomic mass is 9.86. The van der Waals surface area contributed by atoms with E-state index in [9.17, 15) is 5.11 Å². The normalized spacial score (nSPS) is 22.3. The quantitative estimate of drug-likeness (QED) is 0.679. The van der Waals surface area contributed by atoms with Crippen LogP contribution in [0.2, 0.25) is 0 Å². The smallest absolute Gasteiger partial charge is 0.130 e. The summed E-state index contributed by atoms with van der Waals surface area (Å²) in [5.74, 6) is 0.862. The number of H-pyrrole nitrogens is 1. The minimum absolute atomic E-state index is 0.218. The van der Waals surface area contributed by atoms with E-state index in [1.54, 1.807) is 0 Å². The van der Waals surface area contributed by atoms with Gasteiger partial charge >= 0.3 is 0 Å². The molecule has 8 nitrogen and oxygen atoms in total. The summed E-state index contributed by atoms with van der Waals surface area (Å²) in [6.07, 6.45) is 1.14. The third-order valence-electron chi connectivity index (χ3n) is 5.86. The molecule has 2 aliphatic heterocycles. The highest BCUT2D eigenvalue weighted by Gasteiger charge is 2.36. The first kappa shape index (κ1) is 18.9. The van der Waals surface area contributed by atoms with Gasteiger partial charge in [0.15, 0.2) is 0 Å². The molecule has 0 radical (unpaired) electrons. The molecule has 2 fully saturated rings. The highest BCUT2D eigenvalue weighted by molar-refractivity contribution is 7.13. The molecule has 0 spiro atoms. The molecule has 5 rings (SSSR count). The third kappa shape index (κ3) is 3.31. The lowest BCUT2D eigenvalue weighted by molar-refractivity contribution is -0.0669. The molecular formula is C20H25N5O3S. The van der Waals surface area contributed by atoms with E-state index in [4.69, 9.17) is 18.8 Å². The lowest BCUT2D eigenvalue weighted by Crippen LogP contribution is -2.44. The number of nitrogens with zero attached hydrogens (tertiary/aromatic N) is 4. The topological polar surface area (TPSA) is 96.4 Å². The van der Waals surface area contributed by atoms with Gasteiger partial charge in [0.05, 0.1) is 40.9 Å². The second-order valence-corrected chi connectivity index (χ2v) is 8.69. The summed E-state index contributed by atoms with van der Waals surface area (Å²) in [7, 11) is 0. The fourth-order valence-corrected chi connectivity index (χ4v) is 5.11. The zero-order valence-corrected chi connectivity index (χ0v) is 17.5. The molecule has 9 heteroatoms. The van der Waals surface area contributed by atoms with Crippen molar-refractivity contribution in [1.29, 1.82) is 0 Å². The summed E-state index contributed by atoms with van der Waals surface area (Å²) < 4.78 is 16.7. The van der Waals surface area contributed by atoms with E-state index in [1.165, 1.54) is 11.5 Å². The first-order valence-corrected chi connectivity index (χ1v) is 10.8. The van der Waals surface area contributed by atoms with Crippen LogP contribution in [0.5, 0.6) is 0 Å². The molecule has 0 aliphatic carbocycles. The first-order valence-electron chi connectivity index (χ1n) is 10.0. The average Bonchev–Trinajstić information content (AvgIpc) is 3.34. The van der Waals surface area contributed by atoms with Gasteiger partial charge in [-0.2, -0.15) is 9.47 Å². The molecule has 0 unspecified atom stereocenters. The van der Waals surface area contributed by atoms with Crippen molar-refractivity contribution in [2.75, 3.05) is 37.9 Å². The van der Waals surface area contributed by atoms with Gasteiger partial charge in [0.1, 0.15) is 17.0 Å². The number of aromatic nitrogens is 4. The highest BCUT2D eigenvalue weighted by atomic mass is 32.1. The summed E-state index contributed by atoms with van der Waals surface area (Å²) in [6, 6.07) is 4.24. The molecule has 0 amide bonds. The highest BCUT2D eigenvalue weighted by Crippen LogP contribution is 2.42. The van der Waals surface area contributed by atoms with Crippen LogP contribution in [0.15, 0.2) is 12.1 Å². The molecule has 0 aromatic carbocycles. The Hall–Kier alpha value is -2.07. The fourth-order valence-electron chi connectivity index (χ4n) is 4.17. The monoisotopic (exact) mass is 415 g/mol. The number of hydrogen-bond acceptors (Lipinski definition) is 8. The Balaban J connectivity index is 1.70. The van der Waals surface area contributed by atoms with Crippen LogP contribution in [0.3, 0.4) is 0 Å². The Bertz CT molecular complexity index is 1030. The summed E-state index contributed by atoms with van der Waals surface area (Å²) in [4.78, 5) is 7.27. The van der Waals surface area contributed by atoms with Gasteiger partial charge in [-0.3, -0.25) is 5.10 Å². The zero-order chi connectivity index (χ0) is 20.0. The molecule has 2 N–H and O–H groups in total. The van der Waals surface area contributed by atoms with Crippen LogP contribution >= 0.6 is 11.5 Å². The third-order valence-corrected chi connectivity index (χ3v) is 6.73. The predicted molar refractivity (Wildman–Crippen MR) is 111 cm³/mol. The van der Waals surface area contributed by atoms with Crippen molar-refractivity contribution >= 4 is 27.6 Å². The molecule has 2 aliphatic rings. The van der Waals surface area contributed by atoms with E-state index < -0.39 is 5.60 Å². The minimum atomic E-state index is -0.933. The summed E-state index contributed by atoms with van der Waals surface area (Å²) in [6.45, 7) is 7.30. The SMILES string of the molecule is Cc1cc(-c2nsc3c(C4(O)CCOCC4)cc(N4CCOC[C@H]4C)nc23)[nH]n1. The molecule has 0 saturated carbocycles. The van der Waals surface area contributed by atoms with E-state index in [-0.39, 0.29) is 6.04 Å². The van der Waals surface area contributed by atoms with Crippen LogP contribution in [0, 0.1) is 6.92 Å². The molecular weight excluding hydrogens is 390 g/mol. The molecule has 154 valence electrons. The first-order chi connectivity index (χ1) is 14.0. The number of nitrogens with one attached hydrogen (secondary N) is 1. The summed E-state index contributed by atoms with van der Waals surface area (Å²) >= 11 is 1.39. The number of aryl methyl sites for hydroxylation is 1. The van der Waals surface area contributed by atoms with Crippen LogP contribution in [0.4, 0.5) is 5.82 Å². The van der Waals surface area contributed by atoms with Crippen LogP contribution in [0.1, 0.15) is 31.0 Å². The molecule has 2 saturated heterocycles. The van der Waals surface area contributed by atoms with Crippen molar-refractivity contribution in [3.8, 4) is 11.4 Å². The van der Waals surface area contributed by atoms with Crippen molar-refractivity contribution in [3.63, 3.8) is 0 Å². The van der Waals surface area contributed by atoms with Gasteiger partial charge in [0.25, 0.3) is 0 Å². The summed E-state index contributed by atoms with van der Waals surface area (Å²) in [5.41, 5.74) is 3.31. The van der Waals surface area contributed by atoms with Crippen molar-refractivity contribution in [2.45, 2.75) is 38.3 Å².